The fraction of sp³-hybridized carbons (Fsp3) is 1.00. The molecule has 0 amide bonds. The van der Waals surface area contributed by atoms with E-state index in [1.807, 2.05) is 0 Å². The Morgan fingerprint density at radius 1 is 0.929 bits per heavy atom. The molecule has 0 spiro atoms. The Kier molecular flexibility index (Phi) is 2.42. The molecule has 82 valence electrons. The Labute approximate surface area is 87.9 Å². The van der Waals surface area contributed by atoms with Gasteiger partial charge in [-0.15, -0.1) is 0 Å². The molecule has 2 saturated carbocycles. The zero-order valence-corrected chi connectivity index (χ0v) is 9.84. The molecule has 2 aliphatic rings. The second kappa shape index (κ2) is 3.23. The first kappa shape index (κ1) is 10.5. The molecule has 2 bridgehead atoms. The van der Waals surface area contributed by atoms with Crippen molar-refractivity contribution in [3.8, 4) is 0 Å². The standard InChI is InChI=1S/C13H24O/c1-12(2,3)13(14)10-6-4-7-11(13)9-5-8-10/h10-11,14H,4-9H2,1-3H3. The maximum absolute atomic E-state index is 11.0. The highest BCUT2D eigenvalue weighted by Gasteiger charge is 2.54. The van der Waals surface area contributed by atoms with E-state index >= 15 is 0 Å². The lowest BCUT2D eigenvalue weighted by molar-refractivity contribution is -0.184. The summed E-state index contributed by atoms with van der Waals surface area (Å²) in [7, 11) is 0. The fourth-order valence-corrected chi connectivity index (χ4v) is 3.95. The van der Waals surface area contributed by atoms with Crippen LogP contribution in [0.4, 0.5) is 0 Å². The molecule has 0 heterocycles. The van der Waals surface area contributed by atoms with Crippen LogP contribution < -0.4 is 0 Å². The first-order chi connectivity index (χ1) is 6.46. The number of hydrogen-bond acceptors (Lipinski definition) is 1. The summed E-state index contributed by atoms with van der Waals surface area (Å²) in [6, 6.07) is 0. The predicted molar refractivity (Wildman–Crippen MR) is 59.1 cm³/mol. The highest BCUT2D eigenvalue weighted by atomic mass is 16.3. The van der Waals surface area contributed by atoms with Crippen molar-refractivity contribution in [3.05, 3.63) is 0 Å². The average molecular weight is 196 g/mol. The molecule has 0 saturated heterocycles. The van der Waals surface area contributed by atoms with Gasteiger partial charge >= 0.3 is 0 Å². The normalized spacial score (nSPS) is 43.7. The van der Waals surface area contributed by atoms with E-state index in [9.17, 15) is 5.11 Å². The molecule has 0 radical (unpaired) electrons. The van der Waals surface area contributed by atoms with Crippen molar-refractivity contribution in [2.45, 2.75) is 64.9 Å². The van der Waals surface area contributed by atoms with Crippen molar-refractivity contribution in [2.24, 2.45) is 17.3 Å². The zero-order valence-electron chi connectivity index (χ0n) is 9.84. The second-order valence-electron chi connectivity index (χ2n) is 6.33. The van der Waals surface area contributed by atoms with Crippen molar-refractivity contribution in [2.75, 3.05) is 0 Å². The molecular formula is C13H24O. The number of hydrogen-bond donors (Lipinski definition) is 1. The molecule has 0 aromatic rings. The van der Waals surface area contributed by atoms with Crippen molar-refractivity contribution >= 4 is 0 Å². The van der Waals surface area contributed by atoms with E-state index in [0.717, 1.165) is 0 Å². The third-order valence-corrected chi connectivity index (χ3v) is 4.66. The number of aliphatic hydroxyl groups is 1. The lowest BCUT2D eigenvalue weighted by atomic mass is 9.53. The van der Waals surface area contributed by atoms with Crippen molar-refractivity contribution in [1.82, 2.24) is 0 Å². The van der Waals surface area contributed by atoms with E-state index in [4.69, 9.17) is 0 Å². The molecule has 2 aliphatic carbocycles. The van der Waals surface area contributed by atoms with Gasteiger partial charge in [0.2, 0.25) is 0 Å². The minimum absolute atomic E-state index is 0.0587. The molecule has 2 rings (SSSR count). The van der Waals surface area contributed by atoms with Gasteiger partial charge in [0, 0.05) is 0 Å². The molecule has 0 aliphatic heterocycles. The van der Waals surface area contributed by atoms with Crippen LogP contribution >= 0.6 is 0 Å². The van der Waals surface area contributed by atoms with Crippen LogP contribution in [-0.4, -0.2) is 10.7 Å². The maximum atomic E-state index is 11.0. The summed E-state index contributed by atoms with van der Waals surface area (Å²) in [6.45, 7) is 6.64. The van der Waals surface area contributed by atoms with Crippen molar-refractivity contribution in [3.63, 3.8) is 0 Å². The lowest BCUT2D eigenvalue weighted by Crippen LogP contribution is -2.58. The first-order valence-corrected chi connectivity index (χ1v) is 6.18. The Hall–Kier alpha value is -0.0400. The van der Waals surface area contributed by atoms with Gasteiger partial charge in [-0.25, -0.2) is 0 Å². The highest BCUT2D eigenvalue weighted by molar-refractivity contribution is 5.05. The fourth-order valence-electron chi connectivity index (χ4n) is 3.95. The van der Waals surface area contributed by atoms with Gasteiger partial charge in [-0.05, 0) is 42.9 Å². The predicted octanol–water partition coefficient (Wildman–Crippen LogP) is 3.36. The molecule has 1 N–H and O–H groups in total. The molecule has 1 heteroatoms. The lowest BCUT2D eigenvalue weighted by Gasteiger charge is -2.56. The first-order valence-electron chi connectivity index (χ1n) is 6.18. The minimum atomic E-state index is -0.372. The topological polar surface area (TPSA) is 20.2 Å². The van der Waals surface area contributed by atoms with Gasteiger partial charge in [0.25, 0.3) is 0 Å². The van der Waals surface area contributed by atoms with Crippen LogP contribution in [-0.2, 0) is 0 Å². The average Bonchev–Trinajstić information content (AvgIpc) is 2.00. The summed E-state index contributed by atoms with van der Waals surface area (Å²) in [4.78, 5) is 0. The van der Waals surface area contributed by atoms with Gasteiger partial charge in [0.15, 0.2) is 0 Å². The Morgan fingerprint density at radius 3 is 1.50 bits per heavy atom. The molecule has 14 heavy (non-hydrogen) atoms. The zero-order chi connectivity index (χ0) is 10.4. The van der Waals surface area contributed by atoms with Crippen molar-refractivity contribution < 1.29 is 5.11 Å². The Balaban J connectivity index is 2.31. The molecule has 0 aromatic carbocycles. The van der Waals surface area contributed by atoms with E-state index < -0.39 is 0 Å². The maximum Gasteiger partial charge on any atom is 0.0751 e. The van der Waals surface area contributed by atoms with Crippen LogP contribution in [0.3, 0.4) is 0 Å². The summed E-state index contributed by atoms with van der Waals surface area (Å²) < 4.78 is 0. The quantitative estimate of drug-likeness (QED) is 0.630. The third-order valence-electron chi connectivity index (χ3n) is 4.66. The third kappa shape index (κ3) is 1.32. The van der Waals surface area contributed by atoms with Gasteiger partial charge < -0.3 is 5.11 Å². The van der Waals surface area contributed by atoms with E-state index in [1.54, 1.807) is 0 Å². The summed E-state index contributed by atoms with van der Waals surface area (Å²) in [5.74, 6) is 1.16. The van der Waals surface area contributed by atoms with Crippen LogP contribution in [0.1, 0.15) is 59.3 Å². The van der Waals surface area contributed by atoms with Gasteiger partial charge in [-0.2, -0.15) is 0 Å². The molecule has 2 fully saturated rings. The van der Waals surface area contributed by atoms with E-state index in [2.05, 4.69) is 20.8 Å². The summed E-state index contributed by atoms with van der Waals surface area (Å²) in [5.41, 5.74) is -0.313. The monoisotopic (exact) mass is 196 g/mol. The smallest absolute Gasteiger partial charge is 0.0751 e. The Bertz CT molecular complexity index is 192. The van der Waals surface area contributed by atoms with Gasteiger partial charge in [-0.3, -0.25) is 0 Å². The molecule has 0 unspecified atom stereocenters. The molecule has 0 atom stereocenters. The summed E-state index contributed by atoms with van der Waals surface area (Å²) in [5, 5.41) is 11.0. The summed E-state index contributed by atoms with van der Waals surface area (Å²) in [6.07, 6.45) is 7.70. The highest BCUT2D eigenvalue weighted by Crippen LogP contribution is 2.54. The number of fused-ring (bicyclic) bond motifs is 2. The molecular weight excluding hydrogens is 172 g/mol. The van der Waals surface area contributed by atoms with Gasteiger partial charge in [0.05, 0.1) is 5.60 Å². The van der Waals surface area contributed by atoms with Crippen LogP contribution in [0, 0.1) is 17.3 Å². The van der Waals surface area contributed by atoms with E-state index in [-0.39, 0.29) is 11.0 Å². The largest absolute Gasteiger partial charge is 0.389 e. The molecule has 0 aromatic heterocycles. The van der Waals surface area contributed by atoms with Crippen LogP contribution in [0.25, 0.3) is 0 Å². The summed E-state index contributed by atoms with van der Waals surface area (Å²) >= 11 is 0. The van der Waals surface area contributed by atoms with Crippen LogP contribution in [0.2, 0.25) is 0 Å². The SMILES string of the molecule is CC(C)(C)C1(O)C2CCCC1CCC2. The minimum Gasteiger partial charge on any atom is -0.389 e. The Morgan fingerprint density at radius 2 is 1.29 bits per heavy atom. The van der Waals surface area contributed by atoms with Crippen LogP contribution in [0.5, 0.6) is 0 Å². The van der Waals surface area contributed by atoms with E-state index in [0.29, 0.717) is 11.8 Å². The second-order valence-corrected chi connectivity index (χ2v) is 6.33. The molecule has 1 nitrogen and oxygen atoms in total. The van der Waals surface area contributed by atoms with Crippen molar-refractivity contribution in [1.29, 1.82) is 0 Å². The number of rotatable bonds is 0. The van der Waals surface area contributed by atoms with Gasteiger partial charge in [-0.1, -0.05) is 33.6 Å². The van der Waals surface area contributed by atoms with Gasteiger partial charge in [0.1, 0.15) is 0 Å². The van der Waals surface area contributed by atoms with E-state index in [1.165, 1.54) is 38.5 Å². The van der Waals surface area contributed by atoms with Crippen LogP contribution in [0.15, 0.2) is 0 Å².